The first kappa shape index (κ1) is 13.8. The summed E-state index contributed by atoms with van der Waals surface area (Å²) in [4.78, 5) is 4.17. The molecule has 0 aliphatic carbocycles. The van der Waals surface area contributed by atoms with Crippen LogP contribution < -0.4 is 10.6 Å². The van der Waals surface area contributed by atoms with E-state index >= 15 is 0 Å². The third-order valence-corrected chi connectivity index (χ3v) is 4.34. The van der Waals surface area contributed by atoms with Gasteiger partial charge in [0, 0.05) is 17.9 Å². The Kier molecular flexibility index (Phi) is 3.69. The van der Waals surface area contributed by atoms with Gasteiger partial charge in [-0.1, -0.05) is 41.4 Å². The van der Waals surface area contributed by atoms with E-state index in [1.807, 2.05) is 30.5 Å². The van der Waals surface area contributed by atoms with Crippen LogP contribution in [0.2, 0.25) is 10.2 Å². The Morgan fingerprint density at radius 3 is 2.55 bits per heavy atom. The molecule has 2 atom stereocenters. The highest BCUT2D eigenvalue weighted by Crippen LogP contribution is 2.37. The van der Waals surface area contributed by atoms with Crippen molar-refractivity contribution in [3.05, 3.63) is 63.9 Å². The molecule has 1 aliphatic heterocycles. The minimum Gasteiger partial charge on any atom is -0.295 e. The largest absolute Gasteiger partial charge is 0.295 e. The average Bonchev–Trinajstić information content (AvgIpc) is 2.84. The molecule has 0 spiro atoms. The van der Waals surface area contributed by atoms with E-state index in [-0.39, 0.29) is 11.6 Å². The molecule has 0 saturated carbocycles. The number of nitrogens with one attached hydrogen (secondary N) is 2. The second-order valence-corrected chi connectivity index (χ2v) is 5.94. The van der Waals surface area contributed by atoms with Crippen molar-refractivity contribution < 1.29 is 0 Å². The zero-order chi connectivity index (χ0) is 14.2. The second-order valence-electron chi connectivity index (χ2n) is 5.11. The summed E-state index contributed by atoms with van der Waals surface area (Å²) in [6, 6.07) is 11.9. The molecule has 1 fully saturated rings. The van der Waals surface area contributed by atoms with Crippen molar-refractivity contribution in [1.29, 1.82) is 0 Å². The van der Waals surface area contributed by atoms with Crippen molar-refractivity contribution in [2.45, 2.75) is 18.5 Å². The molecule has 104 valence electrons. The number of aromatic nitrogens is 1. The van der Waals surface area contributed by atoms with Crippen molar-refractivity contribution in [1.82, 2.24) is 15.6 Å². The predicted octanol–water partition coefficient (Wildman–Crippen LogP) is 3.50. The minimum atomic E-state index is -0.208. The summed E-state index contributed by atoms with van der Waals surface area (Å²) in [7, 11) is 0. The highest BCUT2D eigenvalue weighted by atomic mass is 35.5. The van der Waals surface area contributed by atoms with Gasteiger partial charge in [-0.25, -0.2) is 4.98 Å². The van der Waals surface area contributed by atoms with Gasteiger partial charge in [-0.15, -0.1) is 0 Å². The molecule has 1 saturated heterocycles. The zero-order valence-electron chi connectivity index (χ0n) is 11.0. The molecule has 0 unspecified atom stereocenters. The number of hydrogen-bond acceptors (Lipinski definition) is 3. The van der Waals surface area contributed by atoms with Crippen LogP contribution in [-0.2, 0) is 5.54 Å². The Labute approximate surface area is 128 Å². The summed E-state index contributed by atoms with van der Waals surface area (Å²) < 4.78 is 0. The Balaban J connectivity index is 1.98. The van der Waals surface area contributed by atoms with Crippen LogP contribution in [0, 0.1) is 0 Å². The topological polar surface area (TPSA) is 37.0 Å². The van der Waals surface area contributed by atoms with Crippen LogP contribution in [0.1, 0.15) is 24.1 Å². The SMILES string of the molecule is C[C@@]1(c2ccc(Cl)cc2)NCN[C@@H]1c1ccc(Cl)nc1. The van der Waals surface area contributed by atoms with Crippen molar-refractivity contribution in [2.75, 3.05) is 6.67 Å². The van der Waals surface area contributed by atoms with E-state index in [9.17, 15) is 0 Å². The molecule has 0 radical (unpaired) electrons. The molecule has 3 nitrogen and oxygen atoms in total. The van der Waals surface area contributed by atoms with Crippen LogP contribution in [0.15, 0.2) is 42.6 Å². The fourth-order valence-corrected chi connectivity index (χ4v) is 2.95. The van der Waals surface area contributed by atoms with Gasteiger partial charge in [0.2, 0.25) is 0 Å². The van der Waals surface area contributed by atoms with Crippen molar-refractivity contribution in [2.24, 2.45) is 0 Å². The van der Waals surface area contributed by atoms with Crippen molar-refractivity contribution in [3.8, 4) is 0 Å². The molecule has 5 heteroatoms. The molecule has 1 aliphatic rings. The highest BCUT2D eigenvalue weighted by molar-refractivity contribution is 6.30. The van der Waals surface area contributed by atoms with Gasteiger partial charge in [0.05, 0.1) is 11.6 Å². The van der Waals surface area contributed by atoms with Crippen molar-refractivity contribution >= 4 is 23.2 Å². The fraction of sp³-hybridized carbons (Fsp3) is 0.267. The molecule has 2 aromatic rings. The summed E-state index contributed by atoms with van der Waals surface area (Å²) in [6.45, 7) is 2.92. The number of nitrogens with zero attached hydrogens (tertiary/aromatic N) is 1. The zero-order valence-corrected chi connectivity index (χ0v) is 12.5. The first-order valence-corrected chi connectivity index (χ1v) is 7.21. The van der Waals surface area contributed by atoms with Crippen molar-refractivity contribution in [3.63, 3.8) is 0 Å². The Morgan fingerprint density at radius 2 is 1.90 bits per heavy atom. The molecule has 1 aromatic heterocycles. The van der Waals surface area contributed by atoms with E-state index in [0.717, 1.165) is 17.3 Å². The van der Waals surface area contributed by atoms with Gasteiger partial charge in [0.15, 0.2) is 0 Å². The third-order valence-electron chi connectivity index (χ3n) is 3.87. The molecule has 0 amide bonds. The number of benzene rings is 1. The highest BCUT2D eigenvalue weighted by Gasteiger charge is 2.40. The molecule has 0 bridgehead atoms. The van der Waals surface area contributed by atoms with E-state index in [4.69, 9.17) is 23.2 Å². The lowest BCUT2D eigenvalue weighted by atomic mass is 9.83. The van der Waals surface area contributed by atoms with E-state index < -0.39 is 0 Å². The van der Waals surface area contributed by atoms with Crippen LogP contribution in [0.4, 0.5) is 0 Å². The van der Waals surface area contributed by atoms with Gasteiger partial charge < -0.3 is 0 Å². The van der Waals surface area contributed by atoms with Crippen LogP contribution >= 0.6 is 23.2 Å². The smallest absolute Gasteiger partial charge is 0.129 e. The standard InChI is InChI=1S/C15H15Cl2N3/c1-15(11-3-5-12(16)6-4-11)14(19-9-20-15)10-2-7-13(17)18-8-10/h2-8,14,19-20H,9H2,1H3/t14-,15+/m1/s1. The first-order chi connectivity index (χ1) is 9.59. The summed E-state index contributed by atoms with van der Waals surface area (Å²) in [5.41, 5.74) is 2.09. The Morgan fingerprint density at radius 1 is 1.15 bits per heavy atom. The average molecular weight is 308 g/mol. The monoisotopic (exact) mass is 307 g/mol. The summed E-state index contributed by atoms with van der Waals surface area (Å²) >= 11 is 11.8. The fourth-order valence-electron chi connectivity index (χ4n) is 2.72. The maximum Gasteiger partial charge on any atom is 0.129 e. The first-order valence-electron chi connectivity index (χ1n) is 6.45. The van der Waals surface area contributed by atoms with Crippen LogP contribution in [0.5, 0.6) is 0 Å². The Hall–Kier alpha value is -1.13. The molecular weight excluding hydrogens is 293 g/mol. The predicted molar refractivity (Wildman–Crippen MR) is 81.9 cm³/mol. The quantitative estimate of drug-likeness (QED) is 0.834. The third kappa shape index (κ3) is 2.42. The van der Waals surface area contributed by atoms with Crippen LogP contribution in [0.25, 0.3) is 0 Å². The minimum absolute atomic E-state index is 0.133. The van der Waals surface area contributed by atoms with Crippen LogP contribution in [0.3, 0.4) is 0 Å². The molecular formula is C15H15Cl2N3. The number of halogens is 2. The summed E-state index contributed by atoms with van der Waals surface area (Å²) in [6.07, 6.45) is 1.82. The van der Waals surface area contributed by atoms with Crippen LogP contribution in [-0.4, -0.2) is 11.7 Å². The molecule has 1 aromatic carbocycles. The second kappa shape index (κ2) is 5.34. The van der Waals surface area contributed by atoms with Gasteiger partial charge in [0.25, 0.3) is 0 Å². The van der Waals surface area contributed by atoms with E-state index in [1.165, 1.54) is 5.56 Å². The molecule has 2 heterocycles. The lowest BCUT2D eigenvalue weighted by Crippen LogP contribution is -2.38. The molecule has 20 heavy (non-hydrogen) atoms. The maximum absolute atomic E-state index is 5.97. The molecule has 3 rings (SSSR count). The normalized spacial score (nSPS) is 25.9. The Bertz CT molecular complexity index is 598. The number of hydrogen-bond donors (Lipinski definition) is 2. The van der Waals surface area contributed by atoms with Gasteiger partial charge >= 0.3 is 0 Å². The van der Waals surface area contributed by atoms with E-state index in [2.05, 4.69) is 34.7 Å². The van der Waals surface area contributed by atoms with Gasteiger partial charge in [-0.3, -0.25) is 10.6 Å². The van der Waals surface area contributed by atoms with Gasteiger partial charge in [-0.05, 0) is 36.2 Å². The molecule has 2 N–H and O–H groups in total. The van der Waals surface area contributed by atoms with Gasteiger partial charge in [-0.2, -0.15) is 0 Å². The lowest BCUT2D eigenvalue weighted by molar-refractivity contribution is 0.374. The van der Waals surface area contributed by atoms with Gasteiger partial charge in [0.1, 0.15) is 5.15 Å². The number of rotatable bonds is 2. The maximum atomic E-state index is 5.97. The number of pyridine rings is 1. The lowest BCUT2D eigenvalue weighted by Gasteiger charge is -2.32. The van der Waals surface area contributed by atoms with E-state index in [0.29, 0.717) is 5.15 Å². The van der Waals surface area contributed by atoms with E-state index in [1.54, 1.807) is 0 Å². The summed E-state index contributed by atoms with van der Waals surface area (Å²) in [5.74, 6) is 0. The summed E-state index contributed by atoms with van der Waals surface area (Å²) in [5, 5.41) is 8.24.